The van der Waals surface area contributed by atoms with E-state index in [-0.39, 0.29) is 0 Å². The van der Waals surface area contributed by atoms with E-state index in [9.17, 15) is 0 Å². The van der Waals surface area contributed by atoms with Crippen LogP contribution in [0.4, 0.5) is 5.69 Å². The van der Waals surface area contributed by atoms with E-state index in [0.717, 1.165) is 23.3 Å². The molecule has 0 amide bonds. The van der Waals surface area contributed by atoms with Crippen molar-refractivity contribution >= 4 is 45.8 Å². The maximum atomic E-state index is 6.15. The number of rotatable bonds is 4. The summed E-state index contributed by atoms with van der Waals surface area (Å²) in [6, 6.07) is 5.50. The largest absolute Gasteiger partial charge is 0.333 e. The summed E-state index contributed by atoms with van der Waals surface area (Å²) in [5.41, 5.74) is 0.752. The van der Waals surface area contributed by atoms with Crippen molar-refractivity contribution in [2.24, 2.45) is 10.9 Å². The molecule has 0 bridgehead atoms. The summed E-state index contributed by atoms with van der Waals surface area (Å²) in [6.45, 7) is 5.36. The zero-order valence-corrected chi connectivity index (χ0v) is 13.4. The monoisotopic (exact) mass is 316 g/mol. The highest BCUT2D eigenvalue weighted by Gasteiger charge is 2.26. The van der Waals surface area contributed by atoms with E-state index in [1.807, 2.05) is 18.2 Å². The normalized spacial score (nSPS) is 18.8. The SMILES string of the molecule is CCC(CC)C1CN=C(Nc2c(Cl)cccc2Cl)S1. The van der Waals surface area contributed by atoms with E-state index < -0.39 is 0 Å². The fourth-order valence-electron chi connectivity index (χ4n) is 2.24. The molecule has 0 radical (unpaired) electrons. The standard InChI is InChI=1S/C14H18Cl2N2S/c1-3-9(4-2)12-8-17-14(19-12)18-13-10(15)6-5-7-11(13)16/h5-7,9,12H,3-4,8H2,1-2H3,(H,17,18). The Morgan fingerprint density at radius 3 is 2.53 bits per heavy atom. The number of nitrogens with zero attached hydrogens (tertiary/aromatic N) is 1. The molecule has 0 aromatic heterocycles. The average Bonchev–Trinajstić information content (AvgIpc) is 2.84. The number of halogens is 2. The number of aliphatic imine (C=N–C) groups is 1. The summed E-state index contributed by atoms with van der Waals surface area (Å²) in [4.78, 5) is 4.56. The molecule has 0 spiro atoms. The predicted octanol–water partition coefficient (Wildman–Crippen LogP) is 5.31. The van der Waals surface area contributed by atoms with Crippen molar-refractivity contribution < 1.29 is 0 Å². The van der Waals surface area contributed by atoms with Gasteiger partial charge in [-0.15, -0.1) is 0 Å². The number of anilines is 1. The molecule has 5 heteroatoms. The van der Waals surface area contributed by atoms with Gasteiger partial charge in [-0.25, -0.2) is 0 Å². The first kappa shape index (κ1) is 15.0. The lowest BCUT2D eigenvalue weighted by atomic mass is 9.99. The van der Waals surface area contributed by atoms with E-state index in [1.54, 1.807) is 11.8 Å². The third-order valence-electron chi connectivity index (χ3n) is 3.45. The van der Waals surface area contributed by atoms with Crippen molar-refractivity contribution in [2.45, 2.75) is 31.9 Å². The molecule has 0 saturated heterocycles. The van der Waals surface area contributed by atoms with Gasteiger partial charge < -0.3 is 5.32 Å². The first-order valence-corrected chi connectivity index (χ1v) is 8.21. The Balaban J connectivity index is 2.02. The van der Waals surface area contributed by atoms with Gasteiger partial charge in [0.15, 0.2) is 5.17 Å². The van der Waals surface area contributed by atoms with Crippen LogP contribution >= 0.6 is 35.0 Å². The minimum absolute atomic E-state index is 0.568. The molecule has 0 fully saturated rings. The predicted molar refractivity (Wildman–Crippen MR) is 87.8 cm³/mol. The Hall–Kier alpha value is -0.380. The maximum absolute atomic E-state index is 6.15. The fourth-order valence-corrected chi connectivity index (χ4v) is 4.06. The molecule has 1 atom stereocenters. The van der Waals surface area contributed by atoms with Crippen LogP contribution in [0.25, 0.3) is 0 Å². The molecular weight excluding hydrogens is 299 g/mol. The molecule has 1 aliphatic heterocycles. The van der Waals surface area contributed by atoms with Gasteiger partial charge in [0, 0.05) is 5.25 Å². The topological polar surface area (TPSA) is 24.4 Å². The second-order valence-corrected chi connectivity index (χ2v) is 6.64. The Bertz CT molecular complexity index is 452. The molecule has 1 aromatic carbocycles. The van der Waals surface area contributed by atoms with Crippen LogP contribution in [0.3, 0.4) is 0 Å². The molecule has 1 unspecified atom stereocenters. The fraction of sp³-hybridized carbons (Fsp3) is 0.500. The molecule has 2 nitrogen and oxygen atoms in total. The van der Waals surface area contributed by atoms with Crippen LogP contribution in [0.1, 0.15) is 26.7 Å². The highest BCUT2D eigenvalue weighted by molar-refractivity contribution is 8.15. The average molecular weight is 317 g/mol. The Morgan fingerprint density at radius 1 is 1.32 bits per heavy atom. The number of nitrogens with one attached hydrogen (secondary N) is 1. The molecule has 1 aliphatic rings. The lowest BCUT2D eigenvalue weighted by molar-refractivity contribution is 0.479. The summed E-state index contributed by atoms with van der Waals surface area (Å²) < 4.78 is 0. The van der Waals surface area contributed by atoms with Crippen LogP contribution in [0, 0.1) is 5.92 Å². The van der Waals surface area contributed by atoms with Crippen molar-refractivity contribution in [1.82, 2.24) is 0 Å². The first-order valence-electron chi connectivity index (χ1n) is 6.57. The van der Waals surface area contributed by atoms with Crippen molar-refractivity contribution in [3.8, 4) is 0 Å². The zero-order chi connectivity index (χ0) is 13.8. The van der Waals surface area contributed by atoms with Gasteiger partial charge in [0.25, 0.3) is 0 Å². The Morgan fingerprint density at radius 2 is 1.95 bits per heavy atom. The second kappa shape index (κ2) is 6.87. The maximum Gasteiger partial charge on any atom is 0.161 e. The Kier molecular flexibility index (Phi) is 5.43. The van der Waals surface area contributed by atoms with Crippen LogP contribution < -0.4 is 5.32 Å². The van der Waals surface area contributed by atoms with Crippen molar-refractivity contribution in [2.75, 3.05) is 11.9 Å². The summed E-state index contributed by atoms with van der Waals surface area (Å²) in [6.07, 6.45) is 2.40. The Labute approximate surface area is 129 Å². The van der Waals surface area contributed by atoms with Crippen molar-refractivity contribution in [1.29, 1.82) is 0 Å². The van der Waals surface area contributed by atoms with E-state index in [1.165, 1.54) is 12.8 Å². The summed E-state index contributed by atoms with van der Waals surface area (Å²) in [5, 5.41) is 6.00. The highest BCUT2D eigenvalue weighted by Crippen LogP contribution is 2.35. The van der Waals surface area contributed by atoms with Crippen LogP contribution in [-0.4, -0.2) is 17.0 Å². The third kappa shape index (κ3) is 3.59. The number of para-hydroxylation sites is 1. The van der Waals surface area contributed by atoms with Gasteiger partial charge in [-0.1, -0.05) is 67.7 Å². The summed E-state index contributed by atoms with van der Waals surface area (Å²) in [5.74, 6) is 0.717. The number of thioether (sulfide) groups is 1. The molecule has 19 heavy (non-hydrogen) atoms. The molecule has 2 rings (SSSR count). The lowest BCUT2D eigenvalue weighted by Gasteiger charge is -2.18. The van der Waals surface area contributed by atoms with Crippen LogP contribution in [0.2, 0.25) is 10.0 Å². The lowest BCUT2D eigenvalue weighted by Crippen LogP contribution is -2.17. The molecule has 0 aliphatic carbocycles. The highest BCUT2D eigenvalue weighted by atomic mass is 35.5. The zero-order valence-electron chi connectivity index (χ0n) is 11.1. The molecular formula is C14H18Cl2N2S. The molecule has 0 saturated carbocycles. The van der Waals surface area contributed by atoms with Crippen LogP contribution in [-0.2, 0) is 0 Å². The van der Waals surface area contributed by atoms with Crippen molar-refractivity contribution in [3.05, 3.63) is 28.2 Å². The van der Waals surface area contributed by atoms with Gasteiger partial charge in [0.05, 0.1) is 22.3 Å². The smallest absolute Gasteiger partial charge is 0.161 e. The van der Waals surface area contributed by atoms with Gasteiger partial charge in [0.2, 0.25) is 0 Å². The summed E-state index contributed by atoms with van der Waals surface area (Å²) in [7, 11) is 0. The number of amidine groups is 1. The van der Waals surface area contributed by atoms with Gasteiger partial charge in [-0.3, -0.25) is 4.99 Å². The quantitative estimate of drug-likeness (QED) is 0.813. The van der Waals surface area contributed by atoms with E-state index in [4.69, 9.17) is 23.2 Å². The van der Waals surface area contributed by atoms with E-state index in [0.29, 0.717) is 15.3 Å². The third-order valence-corrected chi connectivity index (χ3v) is 5.37. The molecule has 1 N–H and O–H groups in total. The molecule has 104 valence electrons. The minimum Gasteiger partial charge on any atom is -0.333 e. The van der Waals surface area contributed by atoms with Gasteiger partial charge >= 0.3 is 0 Å². The minimum atomic E-state index is 0.568. The van der Waals surface area contributed by atoms with E-state index >= 15 is 0 Å². The number of hydrogen-bond donors (Lipinski definition) is 1. The van der Waals surface area contributed by atoms with Gasteiger partial charge in [-0.2, -0.15) is 0 Å². The molecule has 1 heterocycles. The summed E-state index contributed by atoms with van der Waals surface area (Å²) >= 11 is 14.1. The van der Waals surface area contributed by atoms with Crippen molar-refractivity contribution in [3.63, 3.8) is 0 Å². The van der Waals surface area contributed by atoms with Crippen LogP contribution in [0.15, 0.2) is 23.2 Å². The number of benzene rings is 1. The molecule has 1 aromatic rings. The second-order valence-electron chi connectivity index (χ2n) is 4.60. The van der Waals surface area contributed by atoms with Crippen LogP contribution in [0.5, 0.6) is 0 Å². The van der Waals surface area contributed by atoms with E-state index in [2.05, 4.69) is 24.2 Å². The first-order chi connectivity index (χ1) is 9.15. The van der Waals surface area contributed by atoms with Gasteiger partial charge in [0.1, 0.15) is 0 Å². The number of hydrogen-bond acceptors (Lipinski definition) is 3. The van der Waals surface area contributed by atoms with Gasteiger partial charge in [-0.05, 0) is 18.1 Å².